The minimum absolute atomic E-state index is 0.106. The molecule has 1 fully saturated rings. The van der Waals surface area contributed by atoms with E-state index >= 15 is 0 Å². The van der Waals surface area contributed by atoms with E-state index in [2.05, 4.69) is 27.2 Å². The van der Waals surface area contributed by atoms with Gasteiger partial charge in [0.05, 0.1) is 17.6 Å². The molecule has 3 aromatic rings. The summed E-state index contributed by atoms with van der Waals surface area (Å²) in [4.78, 5) is 21.9. The molecule has 3 heterocycles. The van der Waals surface area contributed by atoms with Crippen LogP contribution in [0.2, 0.25) is 0 Å². The van der Waals surface area contributed by atoms with Gasteiger partial charge >= 0.3 is 0 Å². The van der Waals surface area contributed by atoms with Gasteiger partial charge < -0.3 is 10.3 Å². The smallest absolute Gasteiger partial charge is 0.258 e. The van der Waals surface area contributed by atoms with E-state index in [-0.39, 0.29) is 11.6 Å². The first kappa shape index (κ1) is 16.9. The molecule has 0 spiro atoms. The summed E-state index contributed by atoms with van der Waals surface area (Å²) >= 11 is 0. The fourth-order valence-corrected chi connectivity index (χ4v) is 4.10. The van der Waals surface area contributed by atoms with Crippen LogP contribution < -0.4 is 21.7 Å². The third kappa shape index (κ3) is 2.58. The van der Waals surface area contributed by atoms with Gasteiger partial charge in [0.1, 0.15) is 12.1 Å². The van der Waals surface area contributed by atoms with Crippen molar-refractivity contribution in [2.45, 2.75) is 45.7 Å². The Morgan fingerprint density at radius 3 is 2.86 bits per heavy atom. The third-order valence-corrected chi connectivity index (χ3v) is 5.57. The maximum Gasteiger partial charge on any atom is 0.258 e. The second kappa shape index (κ2) is 6.15. The van der Waals surface area contributed by atoms with Crippen LogP contribution >= 0.6 is 0 Å². The number of aromatic nitrogens is 5. The summed E-state index contributed by atoms with van der Waals surface area (Å²) in [6.45, 7) is 4.42. The van der Waals surface area contributed by atoms with Crippen LogP contribution in [0.4, 0.5) is 5.82 Å². The lowest BCUT2D eigenvalue weighted by Gasteiger charge is -2.14. The van der Waals surface area contributed by atoms with Gasteiger partial charge in [0.15, 0.2) is 5.65 Å². The normalized spacial score (nSPS) is 16.1. The second-order valence-corrected chi connectivity index (χ2v) is 7.65. The van der Waals surface area contributed by atoms with E-state index in [0.29, 0.717) is 18.0 Å². The van der Waals surface area contributed by atoms with Gasteiger partial charge in [-0.25, -0.2) is 14.6 Å². The quantitative estimate of drug-likeness (QED) is 0.743. The first-order valence-corrected chi connectivity index (χ1v) is 9.59. The first-order valence-electron chi connectivity index (χ1n) is 9.59. The molecule has 7 nitrogen and oxygen atoms in total. The highest BCUT2D eigenvalue weighted by atomic mass is 16.1. The van der Waals surface area contributed by atoms with Gasteiger partial charge in [-0.15, -0.1) is 0 Å². The molecule has 0 aliphatic heterocycles. The summed E-state index contributed by atoms with van der Waals surface area (Å²) in [6, 6.07) is 2.40. The predicted octanol–water partition coefficient (Wildman–Crippen LogP) is 1.17. The van der Waals surface area contributed by atoms with Crippen molar-refractivity contribution in [1.82, 2.24) is 24.3 Å². The summed E-state index contributed by atoms with van der Waals surface area (Å²) in [5.41, 5.74) is 9.69. The Morgan fingerprint density at radius 2 is 2.07 bits per heavy atom. The van der Waals surface area contributed by atoms with Crippen molar-refractivity contribution in [2.75, 3.05) is 5.73 Å². The summed E-state index contributed by atoms with van der Waals surface area (Å²) in [5, 5.41) is 7.22. The Hall–Kier alpha value is -3.22. The van der Waals surface area contributed by atoms with Gasteiger partial charge in [-0.1, -0.05) is 23.8 Å². The minimum Gasteiger partial charge on any atom is -0.383 e. The molecule has 0 amide bonds. The first-order chi connectivity index (χ1) is 13.5. The van der Waals surface area contributed by atoms with Gasteiger partial charge in [-0.2, -0.15) is 5.10 Å². The number of hydrogen-bond acceptors (Lipinski definition) is 5. The molecule has 7 heteroatoms. The highest BCUT2D eigenvalue weighted by Crippen LogP contribution is 2.34. The molecule has 0 unspecified atom stereocenters. The third-order valence-electron chi connectivity index (χ3n) is 5.57. The topological polar surface area (TPSA) is 91.6 Å². The molecule has 0 saturated heterocycles. The van der Waals surface area contributed by atoms with E-state index in [1.807, 2.05) is 35.2 Å². The number of allylic oxidation sites excluding steroid dienone is 2. The number of pyridine rings is 1. The lowest BCUT2D eigenvalue weighted by Crippen LogP contribution is -2.47. The van der Waals surface area contributed by atoms with Crippen LogP contribution in [0.3, 0.4) is 0 Å². The molecule has 142 valence electrons. The Balaban J connectivity index is 1.75. The molecule has 2 aliphatic carbocycles. The molecule has 0 radical (unpaired) electrons. The Labute approximate surface area is 161 Å². The van der Waals surface area contributed by atoms with Crippen molar-refractivity contribution in [2.24, 2.45) is 0 Å². The number of nitrogens with two attached hydrogens (primary N) is 1. The fourth-order valence-electron chi connectivity index (χ4n) is 4.10. The van der Waals surface area contributed by atoms with E-state index in [9.17, 15) is 4.79 Å². The van der Waals surface area contributed by atoms with Crippen molar-refractivity contribution in [3.63, 3.8) is 0 Å². The van der Waals surface area contributed by atoms with Crippen LogP contribution in [0.25, 0.3) is 22.7 Å². The van der Waals surface area contributed by atoms with Crippen LogP contribution in [-0.4, -0.2) is 24.3 Å². The zero-order valence-electron chi connectivity index (χ0n) is 16.0. The molecule has 28 heavy (non-hydrogen) atoms. The van der Waals surface area contributed by atoms with Gasteiger partial charge in [-0.3, -0.25) is 4.79 Å². The highest BCUT2D eigenvalue weighted by molar-refractivity contribution is 5.87. The van der Waals surface area contributed by atoms with E-state index < -0.39 is 0 Å². The number of aryl methyl sites for hydroxylation is 1. The molecule has 0 atom stereocenters. The van der Waals surface area contributed by atoms with E-state index in [1.54, 1.807) is 0 Å². The Bertz CT molecular complexity index is 1320. The largest absolute Gasteiger partial charge is 0.383 e. The molecule has 2 N–H and O–H groups in total. The second-order valence-electron chi connectivity index (χ2n) is 7.65. The zero-order chi connectivity index (χ0) is 19.4. The van der Waals surface area contributed by atoms with Crippen LogP contribution in [0.15, 0.2) is 29.3 Å². The predicted molar refractivity (Wildman–Crippen MR) is 109 cm³/mol. The van der Waals surface area contributed by atoms with Crippen LogP contribution in [0.1, 0.15) is 43.6 Å². The number of hydrogen-bond donors (Lipinski definition) is 1. The zero-order valence-corrected chi connectivity index (χ0v) is 16.0. The lowest BCUT2D eigenvalue weighted by atomic mass is 10.1. The number of nitrogens with zero attached hydrogens (tertiary/aromatic N) is 5. The molecular formula is C21H22N6O. The molecule has 0 bridgehead atoms. The molecule has 0 aromatic carbocycles. The van der Waals surface area contributed by atoms with Crippen LogP contribution in [0.5, 0.6) is 0 Å². The van der Waals surface area contributed by atoms with Crippen molar-refractivity contribution in [3.05, 3.63) is 56.7 Å². The van der Waals surface area contributed by atoms with Crippen molar-refractivity contribution < 1.29 is 0 Å². The van der Waals surface area contributed by atoms with Crippen LogP contribution in [0, 0.1) is 6.92 Å². The molecular weight excluding hydrogens is 352 g/mol. The molecule has 5 rings (SSSR count). The number of rotatable bonds is 3. The summed E-state index contributed by atoms with van der Waals surface area (Å²) in [7, 11) is 0. The SMILES string of the molecule is CC1=c2c(cc(Cn3nc(C)c4c(N)ncnc43)n(C3CC3)c2=O)=CC=CC1. The van der Waals surface area contributed by atoms with Crippen molar-refractivity contribution >= 4 is 28.5 Å². The van der Waals surface area contributed by atoms with Gasteiger partial charge in [-0.05, 0) is 44.4 Å². The molecule has 3 aromatic heterocycles. The number of anilines is 1. The number of fused-ring (bicyclic) bond motifs is 2. The summed E-state index contributed by atoms with van der Waals surface area (Å²) in [5.74, 6) is 0.430. The van der Waals surface area contributed by atoms with Gasteiger partial charge in [0.2, 0.25) is 0 Å². The van der Waals surface area contributed by atoms with Crippen molar-refractivity contribution in [1.29, 1.82) is 0 Å². The Kier molecular flexibility index (Phi) is 3.72. The van der Waals surface area contributed by atoms with Gasteiger partial charge in [0, 0.05) is 17.0 Å². The Morgan fingerprint density at radius 1 is 1.25 bits per heavy atom. The average Bonchev–Trinajstić information content (AvgIpc) is 3.45. The fraction of sp³-hybridized carbons (Fsp3) is 0.333. The molecule has 1 saturated carbocycles. The standard InChI is InChI=1S/C21H22N6O/c1-12-5-3-4-6-14-9-16(27(15-7-8-15)21(28)17(12)14)10-26-20-18(13(2)25-26)19(22)23-11-24-20/h3-4,6,9,11,15H,5,7-8,10H2,1-2H3,(H2,22,23,24). The van der Waals surface area contributed by atoms with Crippen LogP contribution in [-0.2, 0) is 6.54 Å². The highest BCUT2D eigenvalue weighted by Gasteiger charge is 2.28. The minimum atomic E-state index is 0.106. The van der Waals surface area contributed by atoms with Crippen molar-refractivity contribution in [3.8, 4) is 0 Å². The maximum atomic E-state index is 13.4. The summed E-state index contributed by atoms with van der Waals surface area (Å²) < 4.78 is 3.79. The number of nitrogen functional groups attached to an aromatic ring is 1. The van der Waals surface area contributed by atoms with E-state index in [4.69, 9.17) is 5.73 Å². The monoisotopic (exact) mass is 374 g/mol. The average molecular weight is 374 g/mol. The maximum absolute atomic E-state index is 13.4. The van der Waals surface area contributed by atoms with Gasteiger partial charge in [0.25, 0.3) is 5.56 Å². The molecule has 2 aliphatic rings. The van der Waals surface area contributed by atoms with E-state index in [0.717, 1.165) is 52.0 Å². The van der Waals surface area contributed by atoms with E-state index in [1.165, 1.54) is 6.33 Å². The summed E-state index contributed by atoms with van der Waals surface area (Å²) in [6.07, 6.45) is 10.5. The lowest BCUT2D eigenvalue weighted by molar-refractivity contribution is 0.596.